The lowest BCUT2D eigenvalue weighted by atomic mass is 10.4. The maximum absolute atomic E-state index is 8.01. The summed E-state index contributed by atoms with van der Waals surface area (Å²) in [5.74, 6) is 0. The van der Waals surface area contributed by atoms with Gasteiger partial charge in [-0.05, 0) is 12.0 Å². The maximum Gasteiger partial charge on any atom is 0.243 e. The third-order valence-corrected chi connectivity index (χ3v) is 1.56. The van der Waals surface area contributed by atoms with Gasteiger partial charge in [-0.25, -0.2) is 9.13 Å². The molecule has 12 heavy (non-hydrogen) atoms. The third-order valence-electron chi connectivity index (χ3n) is 1.56. The molecule has 5 heteroatoms. The molecule has 0 aliphatic carbocycles. The number of nitrogens with zero attached hydrogens (tertiary/aromatic N) is 5. The minimum absolute atomic E-state index is 0.568. The summed E-state index contributed by atoms with van der Waals surface area (Å²) in [6, 6.07) is 0. The average molecular weight is 166 g/mol. The van der Waals surface area contributed by atoms with Crippen molar-refractivity contribution in [2.24, 2.45) is 12.2 Å². The molecule has 0 aromatic carbocycles. The predicted molar refractivity (Wildman–Crippen MR) is 44.2 cm³/mol. The molecule has 5 nitrogen and oxygen atoms in total. The van der Waals surface area contributed by atoms with E-state index in [4.69, 9.17) is 5.53 Å². The van der Waals surface area contributed by atoms with Crippen molar-refractivity contribution < 1.29 is 4.57 Å². The zero-order chi connectivity index (χ0) is 8.81. The molecular weight excluding hydrogens is 154 g/mol. The molecule has 1 rings (SSSR count). The fourth-order valence-electron chi connectivity index (χ4n) is 1.00. The van der Waals surface area contributed by atoms with Gasteiger partial charge in [0.25, 0.3) is 0 Å². The van der Waals surface area contributed by atoms with Gasteiger partial charge in [0, 0.05) is 11.5 Å². The monoisotopic (exact) mass is 166 g/mol. The Bertz CT molecular complexity index is 284. The van der Waals surface area contributed by atoms with Crippen molar-refractivity contribution >= 4 is 0 Å². The molecule has 0 atom stereocenters. The van der Waals surface area contributed by atoms with Gasteiger partial charge in [0.1, 0.15) is 12.4 Å². The fraction of sp³-hybridized carbons (Fsp3) is 0.571. The van der Waals surface area contributed by atoms with Crippen LogP contribution in [0.3, 0.4) is 0 Å². The van der Waals surface area contributed by atoms with Gasteiger partial charge >= 0.3 is 0 Å². The van der Waals surface area contributed by atoms with Crippen molar-refractivity contribution in [1.29, 1.82) is 0 Å². The topological polar surface area (TPSA) is 57.6 Å². The molecule has 1 aromatic heterocycles. The Hall–Kier alpha value is -1.48. The van der Waals surface area contributed by atoms with E-state index in [-0.39, 0.29) is 0 Å². The minimum atomic E-state index is 0.568. The van der Waals surface area contributed by atoms with Gasteiger partial charge in [0.05, 0.1) is 13.6 Å². The first kappa shape index (κ1) is 8.62. The van der Waals surface area contributed by atoms with E-state index in [0.29, 0.717) is 6.54 Å². The molecule has 0 unspecified atom stereocenters. The molecule has 1 heterocycles. The van der Waals surface area contributed by atoms with Crippen LogP contribution in [0.4, 0.5) is 0 Å². The highest BCUT2D eigenvalue weighted by molar-refractivity contribution is 4.65. The second kappa shape index (κ2) is 4.41. The van der Waals surface area contributed by atoms with Gasteiger partial charge in [-0.2, -0.15) is 0 Å². The quantitative estimate of drug-likeness (QED) is 0.211. The largest absolute Gasteiger partial charge is 0.243 e. The van der Waals surface area contributed by atoms with Crippen LogP contribution in [0, 0.1) is 0 Å². The Morgan fingerprint density at radius 2 is 2.50 bits per heavy atom. The number of hydrogen-bond donors (Lipinski definition) is 0. The van der Waals surface area contributed by atoms with Gasteiger partial charge in [-0.3, -0.25) is 0 Å². The number of rotatable bonds is 4. The second-order valence-electron chi connectivity index (χ2n) is 2.62. The van der Waals surface area contributed by atoms with Crippen molar-refractivity contribution in [2.75, 3.05) is 6.54 Å². The molecule has 0 aliphatic rings. The number of imidazole rings is 1. The summed E-state index contributed by atoms with van der Waals surface area (Å²) < 4.78 is 4.04. The van der Waals surface area contributed by atoms with Crippen molar-refractivity contribution in [3.8, 4) is 0 Å². The molecule has 0 fully saturated rings. The maximum atomic E-state index is 8.01. The van der Waals surface area contributed by atoms with E-state index in [1.807, 2.05) is 30.3 Å². The van der Waals surface area contributed by atoms with Crippen LogP contribution >= 0.6 is 0 Å². The van der Waals surface area contributed by atoms with Crippen LogP contribution in [0.25, 0.3) is 10.4 Å². The van der Waals surface area contributed by atoms with Crippen LogP contribution in [0.2, 0.25) is 0 Å². The van der Waals surface area contributed by atoms with E-state index in [2.05, 4.69) is 14.6 Å². The summed E-state index contributed by atoms with van der Waals surface area (Å²) in [6.45, 7) is 1.47. The van der Waals surface area contributed by atoms with E-state index in [0.717, 1.165) is 13.0 Å². The average Bonchev–Trinajstić information content (AvgIpc) is 2.45. The van der Waals surface area contributed by atoms with E-state index in [1.54, 1.807) is 0 Å². The Labute approximate surface area is 70.9 Å². The first-order chi connectivity index (χ1) is 5.83. The van der Waals surface area contributed by atoms with Crippen LogP contribution in [-0.2, 0) is 13.6 Å². The number of azide groups is 1. The standard InChI is InChI=1S/C7H12N5/c1-11-5-6-12(7-11)4-2-3-9-10-8/h5-7H,2-4H2,1H3/q+1. The number of aromatic nitrogens is 2. The molecule has 0 saturated heterocycles. The summed E-state index contributed by atoms with van der Waals surface area (Å²) in [4.78, 5) is 2.68. The lowest BCUT2D eigenvalue weighted by Crippen LogP contribution is -2.23. The molecule has 1 aromatic rings. The molecule has 0 radical (unpaired) electrons. The van der Waals surface area contributed by atoms with Crippen molar-refractivity contribution in [2.45, 2.75) is 13.0 Å². The highest BCUT2D eigenvalue weighted by atomic mass is 15.1. The minimum Gasteiger partial charge on any atom is -0.240 e. The van der Waals surface area contributed by atoms with Crippen molar-refractivity contribution in [1.82, 2.24) is 4.57 Å². The van der Waals surface area contributed by atoms with Gasteiger partial charge in [0.15, 0.2) is 0 Å². The Morgan fingerprint density at radius 1 is 1.67 bits per heavy atom. The Morgan fingerprint density at radius 3 is 3.08 bits per heavy atom. The fourth-order valence-corrected chi connectivity index (χ4v) is 1.00. The van der Waals surface area contributed by atoms with Gasteiger partial charge in [0.2, 0.25) is 6.33 Å². The summed E-state index contributed by atoms with van der Waals surface area (Å²) >= 11 is 0. The molecule has 0 N–H and O–H groups in total. The Balaban J connectivity index is 2.28. The van der Waals surface area contributed by atoms with Crippen LogP contribution in [0.5, 0.6) is 0 Å². The number of aryl methyl sites for hydroxylation is 2. The van der Waals surface area contributed by atoms with Crippen LogP contribution in [0.1, 0.15) is 6.42 Å². The molecule has 0 spiro atoms. The van der Waals surface area contributed by atoms with Crippen LogP contribution in [-0.4, -0.2) is 11.1 Å². The zero-order valence-corrected chi connectivity index (χ0v) is 7.09. The summed E-state index contributed by atoms with van der Waals surface area (Å²) in [5.41, 5.74) is 8.01. The van der Waals surface area contributed by atoms with Crippen LogP contribution < -0.4 is 4.57 Å². The Kier molecular flexibility index (Phi) is 3.17. The lowest BCUT2D eigenvalue weighted by molar-refractivity contribution is -0.671. The summed E-state index contributed by atoms with van der Waals surface area (Å²) in [6.07, 6.45) is 6.86. The molecule has 0 bridgehead atoms. The first-order valence-corrected chi connectivity index (χ1v) is 3.85. The predicted octanol–water partition coefficient (Wildman–Crippen LogP) is 1.01. The smallest absolute Gasteiger partial charge is 0.240 e. The molecule has 0 amide bonds. The van der Waals surface area contributed by atoms with Gasteiger partial charge < -0.3 is 0 Å². The van der Waals surface area contributed by atoms with E-state index < -0.39 is 0 Å². The van der Waals surface area contributed by atoms with E-state index in [1.165, 1.54) is 0 Å². The second-order valence-corrected chi connectivity index (χ2v) is 2.62. The van der Waals surface area contributed by atoms with Crippen molar-refractivity contribution in [3.05, 3.63) is 29.2 Å². The van der Waals surface area contributed by atoms with E-state index in [9.17, 15) is 0 Å². The normalized spacial score (nSPS) is 9.42. The molecule has 0 saturated carbocycles. The molecule has 0 aliphatic heterocycles. The number of hydrogen-bond acceptors (Lipinski definition) is 1. The highest BCUT2D eigenvalue weighted by Gasteiger charge is 1.97. The zero-order valence-electron chi connectivity index (χ0n) is 7.09. The molecular formula is C7H12N5+. The molecule has 64 valence electrons. The van der Waals surface area contributed by atoms with Gasteiger partial charge in [-0.1, -0.05) is 5.11 Å². The summed E-state index contributed by atoms with van der Waals surface area (Å²) in [7, 11) is 1.98. The lowest BCUT2D eigenvalue weighted by Gasteiger charge is -1.90. The van der Waals surface area contributed by atoms with E-state index >= 15 is 0 Å². The highest BCUT2D eigenvalue weighted by Crippen LogP contribution is 1.89. The van der Waals surface area contributed by atoms with Gasteiger partial charge in [-0.15, -0.1) is 0 Å². The van der Waals surface area contributed by atoms with Crippen LogP contribution in [0.15, 0.2) is 23.8 Å². The summed E-state index contributed by atoms with van der Waals surface area (Å²) in [5, 5.41) is 3.45. The SMILES string of the molecule is C[n+]1ccn(CCCN=[N+]=[N-])c1. The first-order valence-electron chi connectivity index (χ1n) is 3.85. The van der Waals surface area contributed by atoms with Crippen molar-refractivity contribution in [3.63, 3.8) is 0 Å². The third kappa shape index (κ3) is 2.64.